The van der Waals surface area contributed by atoms with Crippen molar-refractivity contribution < 1.29 is 27.5 Å². The summed E-state index contributed by atoms with van der Waals surface area (Å²) in [6.07, 6.45) is -2.21. The van der Waals surface area contributed by atoms with Crippen molar-refractivity contribution in [2.24, 2.45) is 5.41 Å². The number of nitrogens with one attached hydrogen (secondary N) is 1. The van der Waals surface area contributed by atoms with Gasteiger partial charge >= 0.3 is 6.36 Å². The Hall–Kier alpha value is -1.79. The minimum absolute atomic E-state index is 0.206. The molecule has 7 heteroatoms. The van der Waals surface area contributed by atoms with Gasteiger partial charge in [0, 0.05) is 17.4 Å². The highest BCUT2D eigenvalue weighted by Crippen LogP contribution is 2.27. The number of carbonyl (C=O) groups excluding carboxylic acids is 2. The standard InChI is InChI=1S/C13H16F3NO3/c1-12(2,3)11(19)17-10-6-9(20-13(14,15)16)5-4-8(10)7-18/h4-5,7,10H,6H2,1-3H3,(H,17,19). The van der Waals surface area contributed by atoms with E-state index >= 15 is 0 Å². The van der Waals surface area contributed by atoms with Crippen molar-refractivity contribution in [2.75, 3.05) is 0 Å². The van der Waals surface area contributed by atoms with Crippen LogP contribution in [0.1, 0.15) is 27.2 Å². The molecular weight excluding hydrogens is 275 g/mol. The fraction of sp³-hybridized carbons (Fsp3) is 0.538. The highest BCUT2D eigenvalue weighted by molar-refractivity contribution is 5.84. The molecule has 0 fully saturated rings. The number of aldehydes is 1. The SMILES string of the molecule is CC(C)(C)C(=O)NC1CC(OC(F)(F)F)=CC=C1C=O. The van der Waals surface area contributed by atoms with Crippen LogP contribution >= 0.6 is 0 Å². The molecule has 1 unspecified atom stereocenters. The zero-order valence-corrected chi connectivity index (χ0v) is 11.4. The summed E-state index contributed by atoms with van der Waals surface area (Å²) in [6, 6.07) is -0.818. The van der Waals surface area contributed by atoms with Gasteiger partial charge in [-0.15, -0.1) is 13.2 Å². The molecule has 1 aliphatic rings. The third kappa shape index (κ3) is 4.71. The minimum atomic E-state index is -4.79. The lowest BCUT2D eigenvalue weighted by molar-refractivity contribution is -0.306. The van der Waals surface area contributed by atoms with Crippen LogP contribution in [0.5, 0.6) is 0 Å². The fourth-order valence-corrected chi connectivity index (χ4v) is 1.55. The summed E-state index contributed by atoms with van der Waals surface area (Å²) in [5.41, 5.74) is -0.502. The van der Waals surface area contributed by atoms with E-state index in [9.17, 15) is 22.8 Å². The Balaban J connectivity index is 2.83. The first-order valence-electron chi connectivity index (χ1n) is 5.95. The molecule has 0 saturated heterocycles. The molecule has 0 aromatic rings. The summed E-state index contributed by atoms with van der Waals surface area (Å²) in [4.78, 5) is 22.7. The second-order valence-electron chi connectivity index (χ2n) is 5.45. The van der Waals surface area contributed by atoms with Gasteiger partial charge < -0.3 is 10.1 Å². The van der Waals surface area contributed by atoms with Gasteiger partial charge in [0.2, 0.25) is 5.91 Å². The van der Waals surface area contributed by atoms with E-state index in [2.05, 4.69) is 10.1 Å². The third-order valence-electron chi connectivity index (χ3n) is 2.64. The molecule has 0 saturated carbocycles. The summed E-state index contributed by atoms with van der Waals surface area (Å²) in [6.45, 7) is 5.00. The van der Waals surface area contributed by atoms with Gasteiger partial charge in [-0.1, -0.05) is 26.8 Å². The number of hydrogen-bond acceptors (Lipinski definition) is 3. The van der Waals surface area contributed by atoms with E-state index < -0.39 is 17.8 Å². The van der Waals surface area contributed by atoms with Crippen LogP contribution in [0.4, 0.5) is 13.2 Å². The Morgan fingerprint density at radius 1 is 1.35 bits per heavy atom. The first-order valence-corrected chi connectivity index (χ1v) is 5.95. The molecule has 0 heterocycles. The largest absolute Gasteiger partial charge is 0.572 e. The first-order chi connectivity index (χ1) is 9.03. The maximum absolute atomic E-state index is 12.2. The highest BCUT2D eigenvalue weighted by atomic mass is 19.4. The van der Waals surface area contributed by atoms with Gasteiger partial charge in [-0.25, -0.2) is 0 Å². The lowest BCUT2D eigenvalue weighted by atomic mass is 9.92. The molecule has 1 aliphatic carbocycles. The Labute approximate surface area is 114 Å². The zero-order valence-electron chi connectivity index (χ0n) is 11.4. The summed E-state index contributed by atoms with van der Waals surface area (Å²) in [5.74, 6) is -0.703. The maximum atomic E-state index is 12.2. The van der Waals surface area contributed by atoms with E-state index in [-0.39, 0.29) is 23.7 Å². The van der Waals surface area contributed by atoms with E-state index in [0.717, 1.165) is 6.08 Å². The second-order valence-corrected chi connectivity index (χ2v) is 5.45. The molecule has 0 spiro atoms. The van der Waals surface area contributed by atoms with Gasteiger partial charge in [-0.2, -0.15) is 0 Å². The lowest BCUT2D eigenvalue weighted by Gasteiger charge is -2.27. The number of alkyl halides is 3. The molecule has 112 valence electrons. The van der Waals surface area contributed by atoms with Crippen LogP contribution in [0, 0.1) is 5.41 Å². The normalized spacial score (nSPS) is 19.8. The van der Waals surface area contributed by atoms with Gasteiger partial charge in [0.15, 0.2) is 0 Å². The Bertz CT molecular complexity index is 458. The number of rotatable bonds is 3. The molecule has 0 aromatic heterocycles. The third-order valence-corrected chi connectivity index (χ3v) is 2.64. The molecule has 0 bridgehead atoms. The summed E-state index contributed by atoms with van der Waals surface area (Å²) in [5, 5.41) is 2.55. The van der Waals surface area contributed by atoms with Crippen molar-refractivity contribution in [3.63, 3.8) is 0 Å². The Kier molecular flexibility index (Phi) is 4.62. The number of ether oxygens (including phenoxy) is 1. The number of carbonyl (C=O) groups is 2. The van der Waals surface area contributed by atoms with Gasteiger partial charge in [0.25, 0.3) is 0 Å². The zero-order chi connectivity index (χ0) is 15.6. The molecule has 1 atom stereocenters. The number of halogens is 3. The van der Waals surface area contributed by atoms with Crippen molar-refractivity contribution in [1.29, 1.82) is 0 Å². The maximum Gasteiger partial charge on any atom is 0.572 e. The average Bonchev–Trinajstić information content (AvgIpc) is 2.25. The predicted octanol–water partition coefficient (Wildman–Crippen LogP) is 2.47. The Morgan fingerprint density at radius 3 is 2.40 bits per heavy atom. The van der Waals surface area contributed by atoms with Crippen molar-refractivity contribution in [3.8, 4) is 0 Å². The second kappa shape index (κ2) is 5.68. The van der Waals surface area contributed by atoms with Gasteiger partial charge in [0.05, 0.1) is 6.04 Å². The minimum Gasteiger partial charge on any atom is -0.410 e. The lowest BCUT2D eigenvalue weighted by Crippen LogP contribution is -2.44. The van der Waals surface area contributed by atoms with Crippen molar-refractivity contribution in [1.82, 2.24) is 5.32 Å². The molecule has 1 amide bonds. The molecule has 0 aliphatic heterocycles. The van der Waals surface area contributed by atoms with E-state index in [4.69, 9.17) is 0 Å². The summed E-state index contributed by atoms with van der Waals surface area (Å²) in [7, 11) is 0. The molecule has 20 heavy (non-hydrogen) atoms. The average molecular weight is 291 g/mol. The van der Waals surface area contributed by atoms with Crippen LogP contribution in [0.2, 0.25) is 0 Å². The van der Waals surface area contributed by atoms with Gasteiger partial charge in [-0.3, -0.25) is 9.59 Å². The molecule has 1 rings (SSSR count). The van der Waals surface area contributed by atoms with Gasteiger partial charge in [0.1, 0.15) is 12.0 Å². The molecule has 4 nitrogen and oxygen atoms in total. The fourth-order valence-electron chi connectivity index (χ4n) is 1.55. The smallest absolute Gasteiger partial charge is 0.410 e. The van der Waals surface area contributed by atoms with Gasteiger partial charge in [-0.05, 0) is 6.08 Å². The predicted molar refractivity (Wildman–Crippen MR) is 65.4 cm³/mol. The van der Waals surface area contributed by atoms with Crippen molar-refractivity contribution in [2.45, 2.75) is 39.6 Å². The van der Waals surface area contributed by atoms with E-state index in [0.29, 0.717) is 6.29 Å². The first kappa shape index (κ1) is 16.3. The van der Waals surface area contributed by atoms with E-state index in [1.54, 1.807) is 20.8 Å². The van der Waals surface area contributed by atoms with Crippen LogP contribution in [0.3, 0.4) is 0 Å². The highest BCUT2D eigenvalue weighted by Gasteiger charge is 2.35. The van der Waals surface area contributed by atoms with Crippen LogP contribution in [0.25, 0.3) is 0 Å². The number of hydrogen-bond donors (Lipinski definition) is 1. The summed E-state index contributed by atoms with van der Waals surface area (Å²) < 4.78 is 40.3. The Morgan fingerprint density at radius 2 is 1.95 bits per heavy atom. The topological polar surface area (TPSA) is 55.4 Å². The van der Waals surface area contributed by atoms with E-state index in [1.165, 1.54) is 6.08 Å². The molecule has 0 radical (unpaired) electrons. The molecule has 0 aromatic carbocycles. The quantitative estimate of drug-likeness (QED) is 0.813. The van der Waals surface area contributed by atoms with Crippen molar-refractivity contribution in [3.05, 3.63) is 23.5 Å². The number of amides is 1. The monoisotopic (exact) mass is 291 g/mol. The number of allylic oxidation sites excluding steroid dienone is 2. The van der Waals surface area contributed by atoms with E-state index in [1.807, 2.05) is 0 Å². The molecular formula is C13H16F3NO3. The van der Waals surface area contributed by atoms with Crippen LogP contribution in [-0.4, -0.2) is 24.6 Å². The van der Waals surface area contributed by atoms with Crippen LogP contribution in [-0.2, 0) is 14.3 Å². The van der Waals surface area contributed by atoms with Crippen LogP contribution in [0.15, 0.2) is 23.5 Å². The van der Waals surface area contributed by atoms with Crippen LogP contribution < -0.4 is 5.32 Å². The van der Waals surface area contributed by atoms with Crippen molar-refractivity contribution >= 4 is 12.2 Å². The molecule has 1 N–H and O–H groups in total. The summed E-state index contributed by atoms with van der Waals surface area (Å²) >= 11 is 0.